The minimum Gasteiger partial charge on any atom is -0.489 e. The number of benzene rings is 2. The van der Waals surface area contributed by atoms with Crippen molar-refractivity contribution in [3.63, 3.8) is 0 Å². The summed E-state index contributed by atoms with van der Waals surface area (Å²) in [6.07, 6.45) is 1.61. The van der Waals surface area contributed by atoms with Gasteiger partial charge in [0, 0.05) is 24.9 Å². The van der Waals surface area contributed by atoms with E-state index in [1.165, 1.54) is 12.1 Å². The molecule has 2 atom stereocenters. The van der Waals surface area contributed by atoms with E-state index >= 15 is 0 Å². The molecule has 2 N–H and O–H groups in total. The van der Waals surface area contributed by atoms with Crippen LogP contribution >= 0.6 is 11.6 Å². The lowest BCUT2D eigenvalue weighted by Crippen LogP contribution is -2.36. The minimum atomic E-state index is -0.262. The highest BCUT2D eigenvalue weighted by Gasteiger charge is 2.39. The Morgan fingerprint density at radius 1 is 1.22 bits per heavy atom. The van der Waals surface area contributed by atoms with E-state index in [2.05, 4.69) is 10.6 Å². The maximum atomic E-state index is 13.3. The Labute approximate surface area is 161 Å². The zero-order chi connectivity index (χ0) is 18.8. The minimum absolute atomic E-state index is 0.0270. The number of amides is 2. The molecule has 0 aromatic heterocycles. The number of ether oxygens (including phenoxy) is 2. The van der Waals surface area contributed by atoms with Crippen LogP contribution in [0.3, 0.4) is 0 Å². The van der Waals surface area contributed by atoms with E-state index in [4.69, 9.17) is 21.1 Å². The van der Waals surface area contributed by atoms with Crippen LogP contribution in [0.15, 0.2) is 36.4 Å². The average Bonchev–Trinajstić information content (AvgIpc) is 3.43. The van der Waals surface area contributed by atoms with Crippen molar-refractivity contribution in [1.29, 1.82) is 0 Å². The standard InChI is InChI=1S/C20H20ClFN2O3/c21-16-7-12(8-18-19(16)27-6-2-5-26-18)11-23-20(25)24-17-10-15(17)13-3-1-4-14(22)9-13/h1,3-4,7-9,15,17H,2,5-6,10-11H2,(H2,23,24,25)/t15-,17-/m1/s1. The molecule has 2 aliphatic rings. The Hall–Kier alpha value is -2.47. The first-order valence-electron chi connectivity index (χ1n) is 8.98. The summed E-state index contributed by atoms with van der Waals surface area (Å²) in [4.78, 5) is 12.2. The van der Waals surface area contributed by atoms with Gasteiger partial charge in [0.1, 0.15) is 5.82 Å². The molecule has 2 aromatic carbocycles. The average molecular weight is 391 g/mol. The van der Waals surface area contributed by atoms with Crippen LogP contribution in [0.4, 0.5) is 9.18 Å². The maximum absolute atomic E-state index is 13.3. The number of carbonyl (C=O) groups is 1. The normalized spacial score (nSPS) is 20.5. The highest BCUT2D eigenvalue weighted by molar-refractivity contribution is 6.32. The van der Waals surface area contributed by atoms with Gasteiger partial charge in [0.2, 0.25) is 0 Å². The van der Waals surface area contributed by atoms with E-state index < -0.39 is 0 Å². The maximum Gasteiger partial charge on any atom is 0.315 e. The van der Waals surface area contributed by atoms with Gasteiger partial charge < -0.3 is 20.1 Å². The third-order valence-corrected chi connectivity index (χ3v) is 4.98. The summed E-state index contributed by atoms with van der Waals surface area (Å²) in [5.74, 6) is 1.07. The first-order valence-corrected chi connectivity index (χ1v) is 9.36. The summed E-state index contributed by atoms with van der Waals surface area (Å²) in [7, 11) is 0. The van der Waals surface area contributed by atoms with Crippen LogP contribution in [0.5, 0.6) is 11.5 Å². The Kier molecular flexibility index (Phi) is 5.07. The van der Waals surface area contributed by atoms with Crippen molar-refractivity contribution in [2.24, 2.45) is 0 Å². The Morgan fingerprint density at radius 2 is 2.07 bits per heavy atom. The van der Waals surface area contributed by atoms with Gasteiger partial charge in [-0.1, -0.05) is 23.7 Å². The molecule has 2 amide bonds. The molecule has 1 aliphatic heterocycles. The fourth-order valence-corrected chi connectivity index (χ4v) is 3.54. The van der Waals surface area contributed by atoms with E-state index in [-0.39, 0.29) is 23.8 Å². The van der Waals surface area contributed by atoms with Crippen molar-refractivity contribution in [3.05, 3.63) is 58.4 Å². The molecule has 0 radical (unpaired) electrons. The molecule has 7 heteroatoms. The third-order valence-electron chi connectivity index (χ3n) is 4.70. The van der Waals surface area contributed by atoms with Gasteiger partial charge in [0.25, 0.3) is 0 Å². The van der Waals surface area contributed by atoms with Crippen LogP contribution in [-0.4, -0.2) is 25.3 Å². The van der Waals surface area contributed by atoms with Crippen molar-refractivity contribution in [2.75, 3.05) is 13.2 Å². The van der Waals surface area contributed by atoms with E-state index in [1.807, 2.05) is 12.1 Å². The fraction of sp³-hybridized carbons (Fsp3) is 0.350. The van der Waals surface area contributed by atoms with Gasteiger partial charge in [-0.05, 0) is 41.8 Å². The number of hydrogen-bond donors (Lipinski definition) is 2. The molecule has 27 heavy (non-hydrogen) atoms. The van der Waals surface area contributed by atoms with Crippen LogP contribution in [0.25, 0.3) is 0 Å². The summed E-state index contributed by atoms with van der Waals surface area (Å²) >= 11 is 6.27. The lowest BCUT2D eigenvalue weighted by atomic mass is 10.1. The predicted molar refractivity (Wildman–Crippen MR) is 100.0 cm³/mol. The molecule has 0 saturated heterocycles. The number of hydrogen-bond acceptors (Lipinski definition) is 3. The molecule has 2 aromatic rings. The van der Waals surface area contributed by atoms with Gasteiger partial charge in [-0.3, -0.25) is 0 Å². The topological polar surface area (TPSA) is 59.6 Å². The van der Waals surface area contributed by atoms with Crippen molar-refractivity contribution < 1.29 is 18.7 Å². The van der Waals surface area contributed by atoms with E-state index in [1.54, 1.807) is 12.1 Å². The number of carbonyl (C=O) groups excluding carboxylic acids is 1. The molecular weight excluding hydrogens is 371 g/mol. The van der Waals surface area contributed by atoms with Gasteiger partial charge in [-0.15, -0.1) is 0 Å². The van der Waals surface area contributed by atoms with Crippen molar-refractivity contribution in [3.8, 4) is 11.5 Å². The Balaban J connectivity index is 1.31. The predicted octanol–water partition coefficient (Wildman–Crippen LogP) is 4.00. The van der Waals surface area contributed by atoms with E-state index in [9.17, 15) is 9.18 Å². The van der Waals surface area contributed by atoms with Crippen LogP contribution in [0.2, 0.25) is 5.02 Å². The van der Waals surface area contributed by atoms with Gasteiger partial charge in [-0.25, -0.2) is 9.18 Å². The second-order valence-corrected chi connectivity index (χ2v) is 7.19. The number of nitrogens with one attached hydrogen (secondary N) is 2. The Morgan fingerprint density at radius 3 is 2.93 bits per heavy atom. The zero-order valence-corrected chi connectivity index (χ0v) is 15.4. The molecule has 1 heterocycles. The van der Waals surface area contributed by atoms with E-state index in [0.717, 1.165) is 24.0 Å². The molecule has 0 unspecified atom stereocenters. The number of fused-ring (bicyclic) bond motifs is 1. The second-order valence-electron chi connectivity index (χ2n) is 6.79. The summed E-state index contributed by atoms with van der Waals surface area (Å²) in [5.41, 5.74) is 1.74. The molecule has 4 rings (SSSR count). The van der Waals surface area contributed by atoms with Crippen LogP contribution in [0, 0.1) is 5.82 Å². The highest BCUT2D eigenvalue weighted by Crippen LogP contribution is 2.41. The molecule has 1 saturated carbocycles. The molecular formula is C20H20ClFN2O3. The van der Waals surface area contributed by atoms with Crippen LogP contribution in [0.1, 0.15) is 29.9 Å². The number of urea groups is 1. The lowest BCUT2D eigenvalue weighted by molar-refractivity contribution is 0.240. The van der Waals surface area contributed by atoms with Gasteiger partial charge in [0.05, 0.1) is 18.2 Å². The van der Waals surface area contributed by atoms with Crippen LogP contribution < -0.4 is 20.1 Å². The second kappa shape index (κ2) is 7.64. The van der Waals surface area contributed by atoms with Crippen molar-refractivity contribution in [1.82, 2.24) is 10.6 Å². The molecule has 5 nitrogen and oxygen atoms in total. The van der Waals surface area contributed by atoms with E-state index in [0.29, 0.717) is 36.3 Å². The molecule has 142 valence electrons. The lowest BCUT2D eigenvalue weighted by Gasteiger charge is -2.12. The molecule has 0 spiro atoms. The van der Waals surface area contributed by atoms with Gasteiger partial charge in [-0.2, -0.15) is 0 Å². The molecule has 0 bridgehead atoms. The molecule has 1 aliphatic carbocycles. The largest absolute Gasteiger partial charge is 0.489 e. The summed E-state index contributed by atoms with van der Waals surface area (Å²) in [6, 6.07) is 9.87. The fourth-order valence-electron chi connectivity index (χ4n) is 3.25. The number of rotatable bonds is 4. The first kappa shape index (κ1) is 17.9. The molecule has 1 fully saturated rings. The first-order chi connectivity index (χ1) is 13.1. The third kappa shape index (κ3) is 4.27. The quantitative estimate of drug-likeness (QED) is 0.829. The van der Waals surface area contributed by atoms with Crippen LogP contribution in [-0.2, 0) is 6.54 Å². The van der Waals surface area contributed by atoms with Gasteiger partial charge in [0.15, 0.2) is 11.5 Å². The monoisotopic (exact) mass is 390 g/mol. The van der Waals surface area contributed by atoms with Gasteiger partial charge >= 0.3 is 6.03 Å². The summed E-state index contributed by atoms with van der Waals surface area (Å²) < 4.78 is 24.6. The SMILES string of the molecule is O=C(NCc1cc(Cl)c2c(c1)OCCCO2)N[C@@H]1C[C@@H]1c1cccc(F)c1. The van der Waals surface area contributed by atoms with Crippen molar-refractivity contribution >= 4 is 17.6 Å². The number of halogens is 2. The zero-order valence-electron chi connectivity index (χ0n) is 14.6. The van der Waals surface area contributed by atoms with Crippen molar-refractivity contribution in [2.45, 2.75) is 31.3 Å². The summed E-state index contributed by atoms with van der Waals surface area (Å²) in [5, 5.41) is 6.21. The Bertz CT molecular complexity index is 861. The highest BCUT2D eigenvalue weighted by atomic mass is 35.5. The summed E-state index contributed by atoms with van der Waals surface area (Å²) in [6.45, 7) is 1.46. The smallest absolute Gasteiger partial charge is 0.315 e.